The van der Waals surface area contributed by atoms with Crippen molar-refractivity contribution in [1.82, 2.24) is 21.1 Å². The maximum atomic E-state index is 11.6. The molecule has 1 saturated heterocycles. The van der Waals surface area contributed by atoms with Gasteiger partial charge in [0.1, 0.15) is 0 Å². The molecule has 0 aromatic carbocycles. The summed E-state index contributed by atoms with van der Waals surface area (Å²) in [6, 6.07) is 0. The van der Waals surface area contributed by atoms with E-state index < -0.39 is 0 Å². The van der Waals surface area contributed by atoms with E-state index in [9.17, 15) is 4.79 Å². The number of nitrogens with zero attached hydrogens (tertiary/aromatic N) is 1. The Kier molecular flexibility index (Phi) is 7.36. The summed E-state index contributed by atoms with van der Waals surface area (Å²) >= 11 is 4.95. The van der Waals surface area contributed by atoms with E-state index in [1.165, 1.54) is 19.3 Å². The quantitative estimate of drug-likeness (QED) is 0.387. The molecule has 102 valence electrons. The first-order valence-electron chi connectivity index (χ1n) is 6.38. The van der Waals surface area contributed by atoms with Crippen LogP contribution < -0.4 is 16.2 Å². The van der Waals surface area contributed by atoms with Crippen molar-refractivity contribution in [3.8, 4) is 0 Å². The molecule has 5 nitrogen and oxygen atoms in total. The van der Waals surface area contributed by atoms with Crippen LogP contribution in [-0.4, -0.2) is 42.1 Å². The van der Waals surface area contributed by atoms with Gasteiger partial charge < -0.3 is 10.2 Å². The second kappa shape index (κ2) is 8.88. The van der Waals surface area contributed by atoms with Gasteiger partial charge in [-0.2, -0.15) is 0 Å². The first kappa shape index (κ1) is 14.9. The molecule has 0 bridgehead atoms. The summed E-state index contributed by atoms with van der Waals surface area (Å²) in [6.07, 6.45) is 6.00. The van der Waals surface area contributed by atoms with Crippen molar-refractivity contribution in [2.45, 2.75) is 25.7 Å². The minimum absolute atomic E-state index is 0.0386. The van der Waals surface area contributed by atoms with Gasteiger partial charge in [-0.1, -0.05) is 12.5 Å². The standard InChI is InChI=1S/C12H22N4OS/c1-2-7-13-12(18)15-14-11(17)6-10-16-8-4-3-5-9-16/h2H,1,3-10H2,(H,14,17)(H2,13,15,18). The predicted octanol–water partition coefficient (Wildman–Crippen LogP) is 0.544. The monoisotopic (exact) mass is 270 g/mol. The number of piperidine rings is 1. The smallest absolute Gasteiger partial charge is 0.239 e. The van der Waals surface area contributed by atoms with E-state index >= 15 is 0 Å². The van der Waals surface area contributed by atoms with Crippen LogP contribution in [0, 0.1) is 0 Å². The van der Waals surface area contributed by atoms with Crippen molar-refractivity contribution in [2.24, 2.45) is 0 Å². The summed E-state index contributed by atoms with van der Waals surface area (Å²) in [5.41, 5.74) is 5.24. The number of hydrazine groups is 1. The number of hydrogen-bond donors (Lipinski definition) is 3. The van der Waals surface area contributed by atoms with Gasteiger partial charge >= 0.3 is 0 Å². The molecule has 1 aliphatic rings. The summed E-state index contributed by atoms with van der Waals surface area (Å²) < 4.78 is 0. The molecule has 0 unspecified atom stereocenters. The molecule has 1 heterocycles. The number of carbonyl (C=O) groups excluding carboxylic acids is 1. The third-order valence-electron chi connectivity index (χ3n) is 2.83. The van der Waals surface area contributed by atoms with Crippen LogP contribution in [0.15, 0.2) is 12.7 Å². The van der Waals surface area contributed by atoms with Crippen molar-refractivity contribution in [3.63, 3.8) is 0 Å². The number of likely N-dealkylation sites (tertiary alicyclic amines) is 1. The van der Waals surface area contributed by atoms with Crippen LogP contribution in [-0.2, 0) is 4.79 Å². The number of carbonyl (C=O) groups is 1. The lowest BCUT2D eigenvalue weighted by molar-refractivity contribution is -0.122. The molecule has 6 heteroatoms. The normalized spacial score (nSPS) is 15.8. The average molecular weight is 270 g/mol. The zero-order chi connectivity index (χ0) is 13.2. The van der Waals surface area contributed by atoms with E-state index in [4.69, 9.17) is 12.2 Å². The summed E-state index contributed by atoms with van der Waals surface area (Å²) in [4.78, 5) is 13.9. The largest absolute Gasteiger partial charge is 0.358 e. The average Bonchev–Trinajstić information content (AvgIpc) is 2.41. The van der Waals surface area contributed by atoms with Gasteiger partial charge in [0.25, 0.3) is 0 Å². The van der Waals surface area contributed by atoms with Crippen LogP contribution in [0.3, 0.4) is 0 Å². The van der Waals surface area contributed by atoms with Gasteiger partial charge in [-0.15, -0.1) is 6.58 Å². The second-order valence-corrected chi connectivity index (χ2v) is 4.73. The van der Waals surface area contributed by atoms with Crippen LogP contribution >= 0.6 is 12.2 Å². The highest BCUT2D eigenvalue weighted by Crippen LogP contribution is 2.08. The van der Waals surface area contributed by atoms with Gasteiger partial charge in [0.15, 0.2) is 5.11 Å². The maximum Gasteiger partial charge on any atom is 0.239 e. The first-order valence-corrected chi connectivity index (χ1v) is 6.79. The van der Waals surface area contributed by atoms with E-state index in [-0.39, 0.29) is 5.91 Å². The van der Waals surface area contributed by atoms with Gasteiger partial charge in [0.2, 0.25) is 5.91 Å². The zero-order valence-corrected chi connectivity index (χ0v) is 11.5. The maximum absolute atomic E-state index is 11.6. The first-order chi connectivity index (χ1) is 8.72. The molecule has 0 saturated carbocycles. The molecule has 0 aliphatic carbocycles. The van der Waals surface area contributed by atoms with Crippen LogP contribution in [0.25, 0.3) is 0 Å². The molecule has 0 aromatic heterocycles. The van der Waals surface area contributed by atoms with Crippen LogP contribution in [0.4, 0.5) is 0 Å². The van der Waals surface area contributed by atoms with Gasteiger partial charge in [-0.05, 0) is 38.1 Å². The fourth-order valence-corrected chi connectivity index (χ4v) is 1.98. The third kappa shape index (κ3) is 6.56. The van der Waals surface area contributed by atoms with E-state index in [2.05, 4.69) is 27.6 Å². The SMILES string of the molecule is C=CCNC(=S)NNC(=O)CCN1CCCCC1. The van der Waals surface area contributed by atoms with Crippen molar-refractivity contribution < 1.29 is 4.79 Å². The molecule has 0 radical (unpaired) electrons. The Morgan fingerprint density at radius 1 is 1.28 bits per heavy atom. The summed E-state index contributed by atoms with van der Waals surface area (Å²) in [6.45, 7) is 7.19. The Balaban J connectivity index is 2.05. The highest BCUT2D eigenvalue weighted by Gasteiger charge is 2.11. The fraction of sp³-hybridized carbons (Fsp3) is 0.667. The Hall–Kier alpha value is -1.14. The fourth-order valence-electron chi connectivity index (χ4n) is 1.84. The van der Waals surface area contributed by atoms with Crippen LogP contribution in [0.5, 0.6) is 0 Å². The number of nitrogens with one attached hydrogen (secondary N) is 3. The lowest BCUT2D eigenvalue weighted by Gasteiger charge is -2.25. The molecule has 18 heavy (non-hydrogen) atoms. The minimum atomic E-state index is -0.0386. The Morgan fingerprint density at radius 3 is 2.67 bits per heavy atom. The van der Waals surface area contributed by atoms with E-state index in [0.29, 0.717) is 18.1 Å². The van der Waals surface area contributed by atoms with Crippen LogP contribution in [0.1, 0.15) is 25.7 Å². The summed E-state index contributed by atoms with van der Waals surface area (Å²) in [5, 5.41) is 3.27. The molecule has 0 atom stereocenters. The molecule has 1 aliphatic heterocycles. The topological polar surface area (TPSA) is 56.4 Å². The highest BCUT2D eigenvalue weighted by atomic mass is 32.1. The van der Waals surface area contributed by atoms with Crippen LogP contribution in [0.2, 0.25) is 0 Å². The highest BCUT2D eigenvalue weighted by molar-refractivity contribution is 7.80. The second-order valence-electron chi connectivity index (χ2n) is 4.32. The summed E-state index contributed by atoms with van der Waals surface area (Å²) in [5.74, 6) is -0.0386. The molecule has 0 spiro atoms. The number of hydrogen-bond acceptors (Lipinski definition) is 3. The molecular weight excluding hydrogens is 248 g/mol. The van der Waals surface area contributed by atoms with Crippen molar-refractivity contribution in [1.29, 1.82) is 0 Å². The molecule has 1 amide bonds. The molecular formula is C12H22N4OS. The molecule has 0 aromatic rings. The van der Waals surface area contributed by atoms with Gasteiger partial charge in [-0.3, -0.25) is 15.6 Å². The van der Waals surface area contributed by atoms with Crippen molar-refractivity contribution in [2.75, 3.05) is 26.2 Å². The Morgan fingerprint density at radius 2 is 2.00 bits per heavy atom. The van der Waals surface area contributed by atoms with E-state index in [0.717, 1.165) is 19.6 Å². The number of amides is 1. The lowest BCUT2D eigenvalue weighted by atomic mass is 10.1. The van der Waals surface area contributed by atoms with Crippen molar-refractivity contribution in [3.05, 3.63) is 12.7 Å². The van der Waals surface area contributed by atoms with Crippen molar-refractivity contribution >= 4 is 23.2 Å². The number of thiocarbonyl (C=S) groups is 1. The Labute approximate surface area is 114 Å². The van der Waals surface area contributed by atoms with E-state index in [1.54, 1.807) is 6.08 Å². The molecule has 3 N–H and O–H groups in total. The predicted molar refractivity (Wildman–Crippen MR) is 77.0 cm³/mol. The van der Waals surface area contributed by atoms with E-state index in [1.807, 2.05) is 0 Å². The lowest BCUT2D eigenvalue weighted by Crippen LogP contribution is -2.47. The molecule has 1 fully saturated rings. The van der Waals surface area contributed by atoms with Gasteiger partial charge in [-0.25, -0.2) is 0 Å². The third-order valence-corrected chi connectivity index (χ3v) is 3.07. The summed E-state index contributed by atoms with van der Waals surface area (Å²) in [7, 11) is 0. The minimum Gasteiger partial charge on any atom is -0.358 e. The zero-order valence-electron chi connectivity index (χ0n) is 10.7. The van der Waals surface area contributed by atoms with Gasteiger partial charge in [0.05, 0.1) is 0 Å². The number of rotatable bonds is 5. The van der Waals surface area contributed by atoms with Gasteiger partial charge in [0, 0.05) is 19.5 Å². The Bertz CT molecular complexity index is 290. The molecule has 1 rings (SSSR count).